The largest absolute Gasteiger partial charge is 0.373 e. The number of fused-ring (bicyclic) bond motifs is 2. The van der Waals surface area contributed by atoms with Crippen molar-refractivity contribution in [3.63, 3.8) is 0 Å². The fourth-order valence-corrected chi connectivity index (χ4v) is 3.02. The smallest absolute Gasteiger partial charge is 0.146 e. The zero-order valence-electron chi connectivity index (χ0n) is 12.3. The van der Waals surface area contributed by atoms with E-state index in [9.17, 15) is 0 Å². The summed E-state index contributed by atoms with van der Waals surface area (Å²) < 4.78 is 24.0. The molecule has 0 aromatic heterocycles. The first-order valence-electron chi connectivity index (χ1n) is 6.97. The molecule has 0 saturated carbocycles. The first kappa shape index (κ1) is 14.3. The van der Waals surface area contributed by atoms with Crippen LogP contribution in [0.5, 0.6) is 0 Å². The lowest BCUT2D eigenvalue weighted by molar-refractivity contribution is -0.204. The third-order valence-corrected chi connectivity index (χ3v) is 3.73. The fourth-order valence-electron chi connectivity index (χ4n) is 3.02. The van der Waals surface area contributed by atoms with Crippen molar-refractivity contribution >= 4 is 0 Å². The average molecular weight is 258 g/mol. The summed E-state index contributed by atoms with van der Waals surface area (Å²) in [5.41, 5.74) is -0.446. The van der Waals surface area contributed by atoms with E-state index in [2.05, 4.69) is 6.92 Å². The van der Waals surface area contributed by atoms with Crippen LogP contribution in [0.4, 0.5) is 0 Å². The monoisotopic (exact) mass is 258 g/mol. The van der Waals surface area contributed by atoms with Crippen LogP contribution >= 0.6 is 0 Å². The molecule has 2 rings (SSSR count). The Morgan fingerprint density at radius 3 is 2.28 bits per heavy atom. The molecule has 5 atom stereocenters. The van der Waals surface area contributed by atoms with Crippen molar-refractivity contribution in [2.45, 2.75) is 83.8 Å². The van der Waals surface area contributed by atoms with Gasteiger partial charge in [-0.3, -0.25) is 0 Å². The molecule has 106 valence electrons. The highest BCUT2D eigenvalue weighted by Gasteiger charge is 2.64. The van der Waals surface area contributed by atoms with E-state index in [0.717, 1.165) is 0 Å². The van der Waals surface area contributed by atoms with Gasteiger partial charge in [0.15, 0.2) is 0 Å². The number of ether oxygens (including phenoxy) is 4. The van der Waals surface area contributed by atoms with Gasteiger partial charge in [-0.2, -0.15) is 0 Å². The summed E-state index contributed by atoms with van der Waals surface area (Å²) in [6.45, 7) is 12.8. The predicted molar refractivity (Wildman–Crippen MR) is 68.7 cm³/mol. The van der Waals surface area contributed by atoms with Gasteiger partial charge in [-0.25, -0.2) is 0 Å². The summed E-state index contributed by atoms with van der Waals surface area (Å²) in [5.74, 6) is 0. The summed E-state index contributed by atoms with van der Waals surface area (Å²) >= 11 is 0. The Morgan fingerprint density at radius 2 is 1.78 bits per heavy atom. The van der Waals surface area contributed by atoms with Gasteiger partial charge in [-0.1, -0.05) is 0 Å². The summed E-state index contributed by atoms with van der Waals surface area (Å²) in [7, 11) is 0. The van der Waals surface area contributed by atoms with Gasteiger partial charge in [0.25, 0.3) is 0 Å². The second-order valence-corrected chi connectivity index (χ2v) is 5.99. The molecule has 18 heavy (non-hydrogen) atoms. The Kier molecular flexibility index (Phi) is 4.02. The highest BCUT2D eigenvalue weighted by molar-refractivity contribution is 5.11. The Bertz CT molecular complexity index is 292. The van der Waals surface area contributed by atoms with Crippen molar-refractivity contribution in [2.24, 2.45) is 0 Å². The quantitative estimate of drug-likeness (QED) is 0.757. The molecule has 0 amide bonds. The molecule has 0 radical (unpaired) electrons. The normalized spacial score (nSPS) is 41.0. The molecule has 0 N–H and O–H groups in total. The lowest BCUT2D eigenvalue weighted by Gasteiger charge is -2.37. The number of hydrogen-bond acceptors (Lipinski definition) is 4. The second-order valence-electron chi connectivity index (χ2n) is 5.99. The van der Waals surface area contributed by atoms with Gasteiger partial charge in [0.05, 0.1) is 31.0 Å². The van der Waals surface area contributed by atoms with Gasteiger partial charge in [0, 0.05) is 0 Å². The number of hydrogen-bond donors (Lipinski definition) is 0. The molecular weight excluding hydrogens is 232 g/mol. The van der Waals surface area contributed by atoms with Crippen molar-refractivity contribution in [3.8, 4) is 0 Å². The zero-order valence-corrected chi connectivity index (χ0v) is 12.3. The second kappa shape index (κ2) is 5.08. The minimum atomic E-state index is -0.446. The van der Waals surface area contributed by atoms with Crippen molar-refractivity contribution in [2.75, 3.05) is 6.61 Å². The van der Waals surface area contributed by atoms with Crippen molar-refractivity contribution in [1.29, 1.82) is 0 Å². The molecule has 2 aliphatic rings. The van der Waals surface area contributed by atoms with Crippen LogP contribution in [0.3, 0.4) is 0 Å². The fraction of sp³-hybridized carbons (Fsp3) is 1.00. The van der Waals surface area contributed by atoms with Crippen LogP contribution in [0.25, 0.3) is 0 Å². The van der Waals surface area contributed by atoms with E-state index in [1.807, 2.05) is 34.6 Å². The topological polar surface area (TPSA) is 36.9 Å². The molecule has 2 bridgehead atoms. The van der Waals surface area contributed by atoms with E-state index in [0.29, 0.717) is 6.61 Å². The van der Waals surface area contributed by atoms with Gasteiger partial charge < -0.3 is 18.9 Å². The lowest BCUT2D eigenvalue weighted by atomic mass is 9.92. The highest BCUT2D eigenvalue weighted by Crippen LogP contribution is 2.45. The van der Waals surface area contributed by atoms with Crippen LogP contribution in [-0.4, -0.2) is 48.8 Å². The van der Waals surface area contributed by atoms with Crippen LogP contribution in [0, 0.1) is 0 Å². The third kappa shape index (κ3) is 2.31. The van der Waals surface area contributed by atoms with Gasteiger partial charge in [0.1, 0.15) is 17.8 Å². The summed E-state index contributed by atoms with van der Waals surface area (Å²) in [6, 6.07) is 0. The molecule has 4 heteroatoms. The molecular formula is C14H26O4. The van der Waals surface area contributed by atoms with Gasteiger partial charge in [-0.05, 0) is 41.5 Å². The maximum atomic E-state index is 6.15. The average Bonchev–Trinajstić information content (AvgIpc) is 2.69. The maximum absolute atomic E-state index is 6.15. The first-order chi connectivity index (χ1) is 8.36. The predicted octanol–water partition coefficient (Wildman–Crippen LogP) is 2.15. The number of rotatable bonds is 5. The van der Waals surface area contributed by atoms with Gasteiger partial charge in [0.2, 0.25) is 0 Å². The Hall–Kier alpha value is -0.160. The van der Waals surface area contributed by atoms with Crippen molar-refractivity contribution < 1.29 is 18.9 Å². The third-order valence-electron chi connectivity index (χ3n) is 3.73. The standard InChI is InChI=1S/C14H26O4/c1-8(2)16-11(6)14-7-15-12(10(5)18-14)13(14)17-9(3)4/h8-13H,7H2,1-6H3/t10-,11-,12-,13-,14-/m0/s1. The van der Waals surface area contributed by atoms with E-state index < -0.39 is 5.60 Å². The molecule has 0 aromatic rings. The van der Waals surface area contributed by atoms with E-state index in [1.165, 1.54) is 0 Å². The molecule has 2 aliphatic heterocycles. The van der Waals surface area contributed by atoms with Gasteiger partial charge in [-0.15, -0.1) is 0 Å². The lowest BCUT2D eigenvalue weighted by Crippen LogP contribution is -2.53. The maximum Gasteiger partial charge on any atom is 0.146 e. The summed E-state index contributed by atoms with van der Waals surface area (Å²) in [6.07, 6.45) is 0.384. The molecule has 0 unspecified atom stereocenters. The molecule has 0 spiro atoms. The minimum Gasteiger partial charge on any atom is -0.373 e. The molecule has 0 aliphatic carbocycles. The minimum absolute atomic E-state index is 0.0266. The Morgan fingerprint density at radius 1 is 1.11 bits per heavy atom. The molecule has 2 fully saturated rings. The Labute approximate surface area is 110 Å². The van der Waals surface area contributed by atoms with Crippen LogP contribution in [0.1, 0.15) is 41.5 Å². The van der Waals surface area contributed by atoms with E-state index in [1.54, 1.807) is 0 Å². The zero-order chi connectivity index (χ0) is 13.5. The van der Waals surface area contributed by atoms with Gasteiger partial charge >= 0.3 is 0 Å². The molecule has 2 heterocycles. The molecule has 0 aromatic carbocycles. The van der Waals surface area contributed by atoms with Crippen molar-refractivity contribution in [3.05, 3.63) is 0 Å². The Balaban J connectivity index is 2.17. The SMILES string of the molecule is CC(C)O[C@@H](C)[C@]12CO[C@@H]([C@H](C)O1)[C@@H]2OC(C)C. The molecule has 2 saturated heterocycles. The van der Waals surface area contributed by atoms with Crippen LogP contribution in [0.15, 0.2) is 0 Å². The highest BCUT2D eigenvalue weighted by atomic mass is 16.7. The van der Waals surface area contributed by atoms with Crippen LogP contribution in [0.2, 0.25) is 0 Å². The van der Waals surface area contributed by atoms with Crippen LogP contribution < -0.4 is 0 Å². The van der Waals surface area contributed by atoms with Crippen molar-refractivity contribution in [1.82, 2.24) is 0 Å². The van der Waals surface area contributed by atoms with E-state index in [4.69, 9.17) is 18.9 Å². The van der Waals surface area contributed by atoms with E-state index in [-0.39, 0.29) is 36.6 Å². The summed E-state index contributed by atoms with van der Waals surface area (Å²) in [4.78, 5) is 0. The molecule has 4 nitrogen and oxygen atoms in total. The van der Waals surface area contributed by atoms with Crippen LogP contribution in [-0.2, 0) is 18.9 Å². The first-order valence-corrected chi connectivity index (χ1v) is 6.97. The summed E-state index contributed by atoms with van der Waals surface area (Å²) in [5, 5.41) is 0. The van der Waals surface area contributed by atoms with E-state index >= 15 is 0 Å².